The van der Waals surface area contributed by atoms with Gasteiger partial charge in [0.05, 0.1) is 16.9 Å². The lowest BCUT2D eigenvalue weighted by Gasteiger charge is -2.43. The summed E-state index contributed by atoms with van der Waals surface area (Å²) in [4.78, 5) is 29.3. The zero-order valence-corrected chi connectivity index (χ0v) is 18.9. The fraction of sp³-hybridized carbons (Fsp3) is 0.320. The van der Waals surface area contributed by atoms with Gasteiger partial charge in [-0.25, -0.2) is 0 Å². The van der Waals surface area contributed by atoms with Crippen molar-refractivity contribution in [3.8, 4) is 6.07 Å². The average molecular weight is 449 g/mol. The number of rotatable bonds is 6. The number of amides is 1. The number of para-hydroxylation sites is 2. The minimum Gasteiger partial charge on any atom is -0.347 e. The van der Waals surface area contributed by atoms with Gasteiger partial charge >= 0.3 is 0 Å². The summed E-state index contributed by atoms with van der Waals surface area (Å²) in [7, 11) is 3.67. The summed E-state index contributed by atoms with van der Waals surface area (Å²) < 4.78 is 0. The van der Waals surface area contributed by atoms with Crippen LogP contribution >= 0.6 is 11.6 Å². The van der Waals surface area contributed by atoms with E-state index in [0.29, 0.717) is 10.8 Å². The lowest BCUT2D eigenvalue weighted by atomic mass is 9.71. The Labute approximate surface area is 193 Å². The normalized spacial score (nSPS) is 16.1. The number of hydrogen-bond acceptors (Lipinski definition) is 5. The second kappa shape index (κ2) is 8.68. The largest absolute Gasteiger partial charge is 0.347 e. The number of halogens is 1. The summed E-state index contributed by atoms with van der Waals surface area (Å²) in [5.41, 5.74) is 2.56. The fourth-order valence-corrected chi connectivity index (χ4v) is 4.65. The molecule has 32 heavy (non-hydrogen) atoms. The third kappa shape index (κ3) is 3.85. The molecule has 0 atom stereocenters. The lowest BCUT2D eigenvalue weighted by Crippen LogP contribution is -2.50. The van der Waals surface area contributed by atoms with Gasteiger partial charge in [0.2, 0.25) is 5.91 Å². The van der Waals surface area contributed by atoms with Crippen LogP contribution in [-0.2, 0) is 15.1 Å². The molecule has 4 rings (SSSR count). The van der Waals surface area contributed by atoms with Crippen LogP contribution in [-0.4, -0.2) is 25.8 Å². The highest BCUT2D eigenvalue weighted by molar-refractivity contribution is 6.30. The van der Waals surface area contributed by atoms with Crippen molar-refractivity contribution in [3.05, 3.63) is 70.5 Å². The van der Waals surface area contributed by atoms with Crippen LogP contribution < -0.4 is 15.1 Å². The van der Waals surface area contributed by atoms with Gasteiger partial charge in [-0.15, -0.1) is 0 Å². The van der Waals surface area contributed by atoms with Crippen LogP contribution in [0.2, 0.25) is 5.02 Å². The van der Waals surface area contributed by atoms with Crippen molar-refractivity contribution in [2.75, 3.05) is 23.9 Å². The van der Waals surface area contributed by atoms with Crippen LogP contribution in [0.1, 0.15) is 37.7 Å². The number of nitrogens with one attached hydrogen (secondary N) is 1. The summed E-state index contributed by atoms with van der Waals surface area (Å²) in [6.45, 7) is 0. The molecule has 1 amide bonds. The Balaban J connectivity index is 1.45. The molecule has 1 aliphatic heterocycles. The first-order valence-electron chi connectivity index (χ1n) is 10.7. The Bertz CT molecular complexity index is 1100. The second-order valence-corrected chi connectivity index (χ2v) is 8.77. The molecule has 0 radical (unpaired) electrons. The zero-order valence-electron chi connectivity index (χ0n) is 18.2. The van der Waals surface area contributed by atoms with Crippen molar-refractivity contribution in [2.45, 2.75) is 37.6 Å². The molecular weight excluding hydrogens is 424 g/mol. The quantitative estimate of drug-likeness (QED) is 0.520. The fourth-order valence-electron chi connectivity index (χ4n) is 4.52. The van der Waals surface area contributed by atoms with Crippen LogP contribution in [0.4, 0.5) is 11.4 Å². The van der Waals surface area contributed by atoms with Crippen LogP contribution in [0.25, 0.3) is 0 Å². The molecule has 1 saturated carbocycles. The van der Waals surface area contributed by atoms with Crippen LogP contribution in [0, 0.1) is 11.3 Å². The Morgan fingerprint density at radius 2 is 1.62 bits per heavy atom. The summed E-state index contributed by atoms with van der Waals surface area (Å²) in [5, 5.41) is 13.5. The summed E-state index contributed by atoms with van der Waals surface area (Å²) in [5.74, 6) is 0.0146. The van der Waals surface area contributed by atoms with Gasteiger partial charge in [-0.1, -0.05) is 35.9 Å². The minimum absolute atomic E-state index is 0.0209. The van der Waals surface area contributed by atoms with Crippen LogP contribution in [0.5, 0.6) is 0 Å². The predicted molar refractivity (Wildman–Crippen MR) is 125 cm³/mol. The maximum Gasteiger partial charge on any atom is 0.221 e. The topological polar surface area (TPSA) is 76.4 Å². The summed E-state index contributed by atoms with van der Waals surface area (Å²) >= 11 is 6.00. The van der Waals surface area contributed by atoms with E-state index < -0.39 is 5.54 Å². The van der Waals surface area contributed by atoms with Gasteiger partial charge in [0.15, 0.2) is 5.78 Å². The lowest BCUT2D eigenvalue weighted by molar-refractivity contribution is -0.126. The molecule has 2 aliphatic rings. The molecule has 2 aromatic carbocycles. The number of allylic oxidation sites excluding steroid dienone is 1. The van der Waals surface area contributed by atoms with E-state index >= 15 is 0 Å². The second-order valence-electron chi connectivity index (χ2n) is 8.33. The van der Waals surface area contributed by atoms with Crippen molar-refractivity contribution in [1.29, 1.82) is 5.26 Å². The van der Waals surface area contributed by atoms with Crippen molar-refractivity contribution < 1.29 is 9.59 Å². The highest BCUT2D eigenvalue weighted by Gasteiger charge is 2.40. The van der Waals surface area contributed by atoms with Crippen molar-refractivity contribution in [3.63, 3.8) is 0 Å². The van der Waals surface area contributed by atoms with Crippen LogP contribution in [0.3, 0.4) is 0 Å². The molecule has 0 aromatic heterocycles. The highest BCUT2D eigenvalue weighted by Crippen LogP contribution is 2.42. The first kappa shape index (κ1) is 21.9. The number of Topliss-reactive ketones (excluding diaryl/α,β-unsaturated/α-hetero) is 1. The first-order chi connectivity index (χ1) is 15.4. The zero-order chi connectivity index (χ0) is 22.9. The van der Waals surface area contributed by atoms with E-state index in [-0.39, 0.29) is 30.1 Å². The predicted octanol–water partition coefficient (Wildman–Crippen LogP) is 4.51. The molecule has 0 bridgehead atoms. The summed E-state index contributed by atoms with van der Waals surface area (Å²) in [6.07, 6.45) is 2.76. The van der Waals surface area contributed by atoms with E-state index in [9.17, 15) is 14.9 Å². The molecular formula is C25H25ClN4O2. The van der Waals surface area contributed by atoms with Crippen LogP contribution in [0.15, 0.2) is 59.9 Å². The van der Waals surface area contributed by atoms with Gasteiger partial charge in [-0.3, -0.25) is 9.59 Å². The molecule has 0 unspecified atom stereocenters. The van der Waals surface area contributed by atoms with E-state index in [1.807, 2.05) is 72.4 Å². The van der Waals surface area contributed by atoms with Crippen molar-refractivity contribution in [2.24, 2.45) is 0 Å². The van der Waals surface area contributed by atoms with Gasteiger partial charge < -0.3 is 15.1 Å². The molecule has 164 valence electrons. The van der Waals surface area contributed by atoms with Gasteiger partial charge in [-0.05, 0) is 49.1 Å². The number of carbonyl (C=O) groups excluding carboxylic acids is 2. The number of fused-ring (bicyclic) bond motifs is 1. The number of nitrogens with zero attached hydrogens (tertiary/aromatic N) is 3. The SMILES string of the molecule is CN1C(=C(C#N)C(=O)CCC(=O)NC2(c3ccc(Cl)cc3)CCC2)N(C)c2ccccc21. The Kier molecular flexibility index (Phi) is 5.94. The molecule has 1 N–H and O–H groups in total. The van der Waals surface area contributed by atoms with E-state index in [1.165, 1.54) is 0 Å². The molecule has 7 heteroatoms. The number of carbonyl (C=O) groups is 2. The average Bonchev–Trinajstić information content (AvgIpc) is 3.02. The number of ketones is 1. The molecule has 0 saturated heterocycles. The van der Waals surface area contributed by atoms with E-state index in [0.717, 1.165) is 36.2 Å². The third-order valence-electron chi connectivity index (χ3n) is 6.42. The van der Waals surface area contributed by atoms with E-state index in [2.05, 4.69) is 11.4 Å². The van der Waals surface area contributed by atoms with Crippen molar-refractivity contribution in [1.82, 2.24) is 5.32 Å². The molecule has 1 aliphatic carbocycles. The molecule has 1 heterocycles. The number of benzene rings is 2. The third-order valence-corrected chi connectivity index (χ3v) is 6.67. The highest BCUT2D eigenvalue weighted by atomic mass is 35.5. The molecule has 2 aromatic rings. The Morgan fingerprint density at radius 1 is 1.03 bits per heavy atom. The number of nitriles is 1. The molecule has 0 spiro atoms. The van der Waals surface area contributed by atoms with E-state index in [1.54, 1.807) is 0 Å². The van der Waals surface area contributed by atoms with Crippen molar-refractivity contribution >= 4 is 34.7 Å². The van der Waals surface area contributed by atoms with Gasteiger partial charge in [0.25, 0.3) is 0 Å². The maximum atomic E-state index is 12.9. The summed E-state index contributed by atoms with van der Waals surface area (Å²) in [6, 6.07) is 17.3. The van der Waals surface area contributed by atoms with E-state index in [4.69, 9.17) is 11.6 Å². The Morgan fingerprint density at radius 3 is 2.12 bits per heavy atom. The number of hydrogen-bond donors (Lipinski definition) is 1. The smallest absolute Gasteiger partial charge is 0.221 e. The van der Waals surface area contributed by atoms with Gasteiger partial charge in [-0.2, -0.15) is 5.26 Å². The first-order valence-corrected chi connectivity index (χ1v) is 11.1. The molecule has 1 fully saturated rings. The Hall–Kier alpha value is -3.30. The monoisotopic (exact) mass is 448 g/mol. The molecule has 6 nitrogen and oxygen atoms in total. The van der Waals surface area contributed by atoms with Gasteiger partial charge in [0.1, 0.15) is 17.5 Å². The van der Waals surface area contributed by atoms with Gasteiger partial charge in [0, 0.05) is 32.0 Å². The maximum absolute atomic E-state index is 12.9. The minimum atomic E-state index is -0.394. The standard InChI is InChI=1S/C25H25ClN4O2/c1-29-20-6-3-4-7-21(20)30(2)24(29)19(16-27)22(31)12-13-23(32)28-25(14-5-15-25)17-8-10-18(26)11-9-17/h3-4,6-11H,5,12-15H2,1-2H3,(H,28,32). The number of anilines is 2.